The summed E-state index contributed by atoms with van der Waals surface area (Å²) in [6, 6.07) is 14.2. The molecule has 0 saturated carbocycles. The lowest BCUT2D eigenvalue weighted by atomic mass is 10.1. The van der Waals surface area contributed by atoms with Crippen molar-refractivity contribution in [2.24, 2.45) is 0 Å². The van der Waals surface area contributed by atoms with Crippen LogP contribution in [0.2, 0.25) is 0 Å². The van der Waals surface area contributed by atoms with Crippen molar-refractivity contribution in [1.29, 1.82) is 0 Å². The third-order valence-electron chi connectivity index (χ3n) is 3.78. The minimum Gasteiger partial charge on any atom is -0.508 e. The Labute approximate surface area is 142 Å². The number of benzene rings is 2. The van der Waals surface area contributed by atoms with Crippen molar-refractivity contribution in [1.82, 2.24) is 5.32 Å². The van der Waals surface area contributed by atoms with Crippen LogP contribution in [0.25, 0.3) is 0 Å². The van der Waals surface area contributed by atoms with Crippen LogP contribution in [0.1, 0.15) is 18.9 Å². The third kappa shape index (κ3) is 5.19. The first-order chi connectivity index (χ1) is 11.6. The van der Waals surface area contributed by atoms with E-state index in [0.717, 1.165) is 23.4 Å². The number of amides is 1. The van der Waals surface area contributed by atoms with Gasteiger partial charge in [-0.25, -0.2) is 0 Å². The first-order valence-corrected chi connectivity index (χ1v) is 8.08. The Morgan fingerprint density at radius 3 is 2.62 bits per heavy atom. The van der Waals surface area contributed by atoms with Gasteiger partial charge in [0.05, 0.1) is 7.11 Å². The fraction of sp³-hybridized carbons (Fsp3) is 0.316. The number of carbonyl (C=O) groups excluding carboxylic acids is 1. The largest absolute Gasteiger partial charge is 0.508 e. The third-order valence-corrected chi connectivity index (χ3v) is 3.78. The van der Waals surface area contributed by atoms with Crippen LogP contribution in [-0.4, -0.2) is 30.7 Å². The van der Waals surface area contributed by atoms with Crippen LogP contribution in [0.15, 0.2) is 48.5 Å². The van der Waals surface area contributed by atoms with E-state index in [1.54, 1.807) is 19.2 Å². The number of ether oxygens (including phenoxy) is 1. The van der Waals surface area contributed by atoms with Crippen LogP contribution in [0.4, 0.5) is 5.69 Å². The van der Waals surface area contributed by atoms with E-state index < -0.39 is 0 Å². The maximum absolute atomic E-state index is 12.3. The number of methoxy groups -OCH3 is 1. The van der Waals surface area contributed by atoms with Gasteiger partial charge in [0, 0.05) is 18.3 Å². The van der Waals surface area contributed by atoms with Gasteiger partial charge in [-0.3, -0.25) is 4.79 Å². The highest BCUT2D eigenvalue weighted by Gasteiger charge is 2.15. The SMILES string of the molecule is CC[C@@H](Nc1cccc(OC)c1)C(=O)NCCc1ccc(O)cc1. The van der Waals surface area contributed by atoms with Crippen molar-refractivity contribution in [2.75, 3.05) is 19.0 Å². The predicted molar refractivity (Wildman–Crippen MR) is 95.5 cm³/mol. The number of hydrogen-bond acceptors (Lipinski definition) is 4. The molecule has 2 aromatic rings. The Hall–Kier alpha value is -2.69. The Bertz CT molecular complexity index is 656. The van der Waals surface area contributed by atoms with E-state index in [0.29, 0.717) is 13.0 Å². The van der Waals surface area contributed by atoms with Gasteiger partial charge in [-0.15, -0.1) is 0 Å². The molecule has 0 aliphatic heterocycles. The van der Waals surface area contributed by atoms with E-state index in [1.165, 1.54) is 0 Å². The molecule has 2 rings (SSSR count). The first-order valence-electron chi connectivity index (χ1n) is 8.08. The second-order valence-electron chi connectivity index (χ2n) is 5.54. The second kappa shape index (κ2) is 8.82. The zero-order valence-electron chi connectivity index (χ0n) is 14.1. The van der Waals surface area contributed by atoms with Crippen molar-refractivity contribution in [3.63, 3.8) is 0 Å². The number of phenolic OH excluding ortho intramolecular Hbond substituents is 1. The summed E-state index contributed by atoms with van der Waals surface area (Å²) in [5, 5.41) is 15.5. The second-order valence-corrected chi connectivity index (χ2v) is 5.54. The highest BCUT2D eigenvalue weighted by Crippen LogP contribution is 2.18. The normalized spacial score (nSPS) is 11.6. The minimum absolute atomic E-state index is 0.0286. The van der Waals surface area contributed by atoms with Gasteiger partial charge in [0.15, 0.2) is 0 Å². The maximum Gasteiger partial charge on any atom is 0.242 e. The van der Waals surface area contributed by atoms with Gasteiger partial charge >= 0.3 is 0 Å². The molecule has 0 spiro atoms. The molecular formula is C19H24N2O3. The molecule has 0 unspecified atom stereocenters. The van der Waals surface area contributed by atoms with Gasteiger partial charge in [0.2, 0.25) is 5.91 Å². The van der Waals surface area contributed by atoms with E-state index in [-0.39, 0.29) is 17.7 Å². The molecule has 0 aromatic heterocycles. The van der Waals surface area contributed by atoms with E-state index in [2.05, 4.69) is 10.6 Å². The lowest BCUT2D eigenvalue weighted by molar-refractivity contribution is -0.121. The molecule has 0 radical (unpaired) electrons. The van der Waals surface area contributed by atoms with E-state index in [1.807, 2.05) is 43.3 Å². The Morgan fingerprint density at radius 1 is 1.21 bits per heavy atom. The summed E-state index contributed by atoms with van der Waals surface area (Å²) in [5.41, 5.74) is 1.93. The van der Waals surface area contributed by atoms with Crippen LogP contribution in [0, 0.1) is 0 Å². The topological polar surface area (TPSA) is 70.6 Å². The standard InChI is InChI=1S/C19H24N2O3/c1-3-18(21-15-5-4-6-17(13-15)24-2)19(23)20-12-11-14-7-9-16(22)10-8-14/h4-10,13,18,21-22H,3,11-12H2,1-2H3,(H,20,23)/t18-/m1/s1. The fourth-order valence-electron chi connectivity index (χ4n) is 2.38. The molecular weight excluding hydrogens is 304 g/mol. The number of hydrogen-bond donors (Lipinski definition) is 3. The zero-order chi connectivity index (χ0) is 17.4. The minimum atomic E-state index is -0.295. The number of phenols is 1. The predicted octanol–water partition coefficient (Wildman–Crippen LogP) is 2.95. The number of nitrogens with one attached hydrogen (secondary N) is 2. The molecule has 128 valence electrons. The van der Waals surface area contributed by atoms with Crippen LogP contribution in [-0.2, 0) is 11.2 Å². The van der Waals surface area contributed by atoms with Crippen molar-refractivity contribution < 1.29 is 14.6 Å². The molecule has 0 aliphatic rings. The van der Waals surface area contributed by atoms with Crippen LogP contribution in [0.3, 0.4) is 0 Å². The summed E-state index contributed by atoms with van der Waals surface area (Å²) in [6.07, 6.45) is 1.41. The van der Waals surface area contributed by atoms with Gasteiger partial charge in [0.25, 0.3) is 0 Å². The van der Waals surface area contributed by atoms with Crippen LogP contribution >= 0.6 is 0 Å². The molecule has 2 aromatic carbocycles. The molecule has 0 fully saturated rings. The summed E-state index contributed by atoms with van der Waals surface area (Å²) < 4.78 is 5.19. The molecule has 1 amide bonds. The lowest BCUT2D eigenvalue weighted by Gasteiger charge is -2.18. The fourth-order valence-corrected chi connectivity index (χ4v) is 2.38. The maximum atomic E-state index is 12.3. The van der Waals surface area contributed by atoms with Gasteiger partial charge in [-0.1, -0.05) is 25.1 Å². The monoisotopic (exact) mass is 328 g/mol. The van der Waals surface area contributed by atoms with Crippen molar-refractivity contribution >= 4 is 11.6 Å². The van der Waals surface area contributed by atoms with Crippen molar-refractivity contribution in [2.45, 2.75) is 25.8 Å². The Morgan fingerprint density at radius 2 is 1.96 bits per heavy atom. The summed E-state index contributed by atoms with van der Waals surface area (Å²) in [6.45, 7) is 2.53. The molecule has 1 atom stereocenters. The average molecular weight is 328 g/mol. The summed E-state index contributed by atoms with van der Waals surface area (Å²) >= 11 is 0. The molecule has 0 saturated heterocycles. The first kappa shape index (κ1) is 17.7. The van der Waals surface area contributed by atoms with E-state index in [4.69, 9.17) is 4.74 Å². The number of rotatable bonds is 8. The van der Waals surface area contributed by atoms with Crippen LogP contribution in [0.5, 0.6) is 11.5 Å². The average Bonchev–Trinajstić information content (AvgIpc) is 2.61. The van der Waals surface area contributed by atoms with Gasteiger partial charge < -0.3 is 20.5 Å². The van der Waals surface area contributed by atoms with Crippen molar-refractivity contribution in [3.8, 4) is 11.5 Å². The highest BCUT2D eigenvalue weighted by atomic mass is 16.5. The quantitative estimate of drug-likeness (QED) is 0.697. The Kier molecular flexibility index (Phi) is 6.49. The molecule has 3 N–H and O–H groups in total. The summed E-state index contributed by atoms with van der Waals surface area (Å²) in [7, 11) is 1.62. The van der Waals surface area contributed by atoms with E-state index >= 15 is 0 Å². The van der Waals surface area contributed by atoms with Gasteiger partial charge in [0.1, 0.15) is 17.5 Å². The van der Waals surface area contributed by atoms with E-state index in [9.17, 15) is 9.90 Å². The molecule has 0 heterocycles. The molecule has 5 heteroatoms. The molecule has 0 aliphatic carbocycles. The van der Waals surface area contributed by atoms with Gasteiger partial charge in [-0.2, -0.15) is 0 Å². The summed E-state index contributed by atoms with van der Waals surface area (Å²) in [4.78, 5) is 12.3. The lowest BCUT2D eigenvalue weighted by Crippen LogP contribution is -2.40. The summed E-state index contributed by atoms with van der Waals surface area (Å²) in [5.74, 6) is 0.970. The number of carbonyl (C=O) groups is 1. The zero-order valence-corrected chi connectivity index (χ0v) is 14.1. The smallest absolute Gasteiger partial charge is 0.242 e. The van der Waals surface area contributed by atoms with Crippen molar-refractivity contribution in [3.05, 3.63) is 54.1 Å². The Balaban J connectivity index is 1.85. The number of anilines is 1. The van der Waals surface area contributed by atoms with Crippen LogP contribution < -0.4 is 15.4 Å². The number of aromatic hydroxyl groups is 1. The molecule has 24 heavy (non-hydrogen) atoms. The molecule has 5 nitrogen and oxygen atoms in total. The van der Waals surface area contributed by atoms with Gasteiger partial charge in [-0.05, 0) is 42.7 Å². The molecule has 0 bridgehead atoms. The highest BCUT2D eigenvalue weighted by molar-refractivity contribution is 5.84.